The molecule has 0 bridgehead atoms. The molecule has 0 saturated carbocycles. The van der Waals surface area contributed by atoms with E-state index in [9.17, 15) is 14.7 Å². The summed E-state index contributed by atoms with van der Waals surface area (Å²) < 4.78 is 1.46. The summed E-state index contributed by atoms with van der Waals surface area (Å²) in [6, 6.07) is -0.510. The maximum Gasteiger partial charge on any atom is 0.352 e. The molecule has 2 N–H and O–H groups in total. The molecule has 1 aromatic heterocycles. The van der Waals surface area contributed by atoms with Crippen molar-refractivity contribution in [2.24, 2.45) is 0 Å². The SMILES string of the molecule is C#CCn1nnnc1SCC1=C(C(=O)O)N2C(=O)C(NC(=S)CCC=C)[C@H]2SC1. The van der Waals surface area contributed by atoms with Crippen LogP contribution >= 0.6 is 35.7 Å². The van der Waals surface area contributed by atoms with Gasteiger partial charge in [-0.2, -0.15) is 0 Å². The number of hydrogen-bond acceptors (Lipinski definition) is 8. The largest absolute Gasteiger partial charge is 0.477 e. The monoisotopic (exact) mass is 450 g/mol. The van der Waals surface area contributed by atoms with Crippen LogP contribution in [-0.4, -0.2) is 70.0 Å². The van der Waals surface area contributed by atoms with E-state index in [0.29, 0.717) is 33.6 Å². The molecule has 152 valence electrons. The van der Waals surface area contributed by atoms with E-state index in [-0.39, 0.29) is 23.5 Å². The molecule has 0 aromatic carbocycles. The number of carbonyl (C=O) groups is 2. The van der Waals surface area contributed by atoms with Gasteiger partial charge in [0, 0.05) is 17.9 Å². The molecule has 2 atom stereocenters. The summed E-state index contributed by atoms with van der Waals surface area (Å²) in [6.45, 7) is 3.88. The highest BCUT2D eigenvalue weighted by molar-refractivity contribution is 8.01. The van der Waals surface area contributed by atoms with Crippen molar-refractivity contribution >= 4 is 52.6 Å². The first-order chi connectivity index (χ1) is 14.0. The van der Waals surface area contributed by atoms with Gasteiger partial charge in [0.2, 0.25) is 5.16 Å². The zero-order chi connectivity index (χ0) is 21.0. The first-order valence-electron chi connectivity index (χ1n) is 8.60. The number of hydrogen-bond donors (Lipinski definition) is 2. The minimum atomic E-state index is -1.13. The number of nitrogens with one attached hydrogen (secondary N) is 1. The van der Waals surface area contributed by atoms with Gasteiger partial charge >= 0.3 is 5.97 Å². The molecule has 3 rings (SSSR count). The quantitative estimate of drug-likeness (QED) is 0.185. The van der Waals surface area contributed by atoms with Gasteiger partial charge in [-0.1, -0.05) is 36.0 Å². The molecule has 2 aliphatic heterocycles. The van der Waals surface area contributed by atoms with Gasteiger partial charge in [-0.3, -0.25) is 9.69 Å². The van der Waals surface area contributed by atoms with Crippen LogP contribution in [0.3, 0.4) is 0 Å². The van der Waals surface area contributed by atoms with Gasteiger partial charge in [0.05, 0.1) is 4.99 Å². The van der Waals surface area contributed by atoms with Crippen LogP contribution in [0.5, 0.6) is 0 Å². The number of thioether (sulfide) groups is 2. The van der Waals surface area contributed by atoms with Crippen molar-refractivity contribution in [3.63, 3.8) is 0 Å². The molecule has 0 radical (unpaired) electrons. The van der Waals surface area contributed by atoms with Crippen LogP contribution < -0.4 is 5.32 Å². The second-order valence-corrected chi connectivity index (χ2v) is 8.69. The van der Waals surface area contributed by atoms with Crippen LogP contribution in [-0.2, 0) is 16.1 Å². The lowest BCUT2D eigenvalue weighted by molar-refractivity contribution is -0.148. The number of fused-ring (bicyclic) bond motifs is 1. The highest BCUT2D eigenvalue weighted by Crippen LogP contribution is 2.41. The molecule has 1 fully saturated rings. The number of thiocarbonyl (C=S) groups is 1. The first-order valence-corrected chi connectivity index (χ1v) is 11.0. The second kappa shape index (κ2) is 9.43. The van der Waals surface area contributed by atoms with Crippen LogP contribution in [0.15, 0.2) is 29.1 Å². The number of amides is 1. The molecule has 0 aliphatic carbocycles. The molecule has 1 amide bonds. The van der Waals surface area contributed by atoms with Gasteiger partial charge in [0.1, 0.15) is 23.7 Å². The highest BCUT2D eigenvalue weighted by atomic mass is 32.2. The maximum atomic E-state index is 12.6. The molecule has 3 heterocycles. The summed E-state index contributed by atoms with van der Waals surface area (Å²) in [5.41, 5.74) is 0.664. The fraction of sp³-hybridized carbons (Fsp3) is 0.412. The Morgan fingerprint density at radius 2 is 2.38 bits per heavy atom. The zero-order valence-electron chi connectivity index (χ0n) is 15.3. The molecule has 29 heavy (non-hydrogen) atoms. The first kappa shape index (κ1) is 21.4. The zero-order valence-corrected chi connectivity index (χ0v) is 17.7. The van der Waals surface area contributed by atoms with Crippen molar-refractivity contribution in [2.45, 2.75) is 36.0 Å². The van der Waals surface area contributed by atoms with E-state index < -0.39 is 12.0 Å². The summed E-state index contributed by atoms with van der Waals surface area (Å²) in [5.74, 6) is 1.86. The molecule has 0 spiro atoms. The minimum absolute atomic E-state index is 0.0253. The summed E-state index contributed by atoms with van der Waals surface area (Å²) in [7, 11) is 0. The van der Waals surface area contributed by atoms with Crippen LogP contribution in [0.25, 0.3) is 0 Å². The number of tetrazole rings is 1. The Kier molecular flexibility index (Phi) is 6.94. The molecule has 1 unspecified atom stereocenters. The Labute approximate surface area is 181 Å². The summed E-state index contributed by atoms with van der Waals surface area (Å²) in [4.78, 5) is 26.5. The van der Waals surface area contributed by atoms with Crippen LogP contribution in [0.4, 0.5) is 0 Å². The number of carboxylic acid groups (broad SMARTS) is 1. The lowest BCUT2D eigenvalue weighted by Crippen LogP contribution is -2.70. The van der Waals surface area contributed by atoms with Crippen molar-refractivity contribution in [3.05, 3.63) is 23.9 Å². The lowest BCUT2D eigenvalue weighted by Gasteiger charge is -2.49. The Morgan fingerprint density at radius 1 is 1.59 bits per heavy atom. The number of nitrogens with zero attached hydrogens (tertiary/aromatic N) is 5. The predicted molar refractivity (Wildman–Crippen MR) is 114 cm³/mol. The summed E-state index contributed by atoms with van der Waals surface area (Å²) in [6.07, 6.45) is 8.37. The average molecular weight is 451 g/mol. The summed E-state index contributed by atoms with van der Waals surface area (Å²) >= 11 is 8.05. The number of β-lactam (4-membered cyclic amide) rings is 1. The normalized spacial score (nSPS) is 20.5. The fourth-order valence-electron chi connectivity index (χ4n) is 2.91. The van der Waals surface area contributed by atoms with Crippen LogP contribution in [0.2, 0.25) is 0 Å². The van der Waals surface area contributed by atoms with Gasteiger partial charge < -0.3 is 10.4 Å². The third-order valence-electron chi connectivity index (χ3n) is 4.26. The third-order valence-corrected chi connectivity index (χ3v) is 6.96. The van der Waals surface area contributed by atoms with E-state index in [1.807, 2.05) is 0 Å². The van der Waals surface area contributed by atoms with Gasteiger partial charge in [0.15, 0.2) is 0 Å². The van der Waals surface area contributed by atoms with E-state index in [2.05, 4.69) is 33.3 Å². The van der Waals surface area contributed by atoms with Gasteiger partial charge in [0.25, 0.3) is 5.91 Å². The van der Waals surface area contributed by atoms with E-state index in [0.717, 1.165) is 6.42 Å². The molecular weight excluding hydrogens is 432 g/mol. The number of carboxylic acids is 1. The van der Waals surface area contributed by atoms with E-state index >= 15 is 0 Å². The Balaban J connectivity index is 1.71. The smallest absolute Gasteiger partial charge is 0.352 e. The number of aromatic nitrogens is 4. The predicted octanol–water partition coefficient (Wildman–Crippen LogP) is 0.904. The average Bonchev–Trinajstić information content (AvgIpc) is 3.15. The van der Waals surface area contributed by atoms with E-state index in [1.165, 1.54) is 33.1 Å². The lowest BCUT2D eigenvalue weighted by atomic mass is 10.0. The fourth-order valence-corrected chi connectivity index (χ4v) is 5.52. The van der Waals surface area contributed by atoms with E-state index in [4.69, 9.17) is 18.6 Å². The molecule has 1 aromatic rings. The molecule has 12 heteroatoms. The van der Waals surface area contributed by atoms with E-state index in [1.54, 1.807) is 6.08 Å². The van der Waals surface area contributed by atoms with Gasteiger partial charge in [-0.05, 0) is 22.4 Å². The molecule has 1 saturated heterocycles. The van der Waals surface area contributed by atoms with Crippen molar-refractivity contribution in [1.29, 1.82) is 0 Å². The number of rotatable bonds is 9. The topological polar surface area (TPSA) is 113 Å². The highest BCUT2D eigenvalue weighted by Gasteiger charge is 2.53. The van der Waals surface area contributed by atoms with Crippen molar-refractivity contribution in [3.8, 4) is 12.3 Å². The molecule has 9 nitrogen and oxygen atoms in total. The number of carbonyl (C=O) groups excluding carboxylic acids is 1. The van der Waals surface area contributed by atoms with Crippen LogP contribution in [0, 0.1) is 12.3 Å². The van der Waals surface area contributed by atoms with Crippen LogP contribution in [0.1, 0.15) is 12.8 Å². The van der Waals surface area contributed by atoms with Crippen molar-refractivity contribution in [1.82, 2.24) is 30.4 Å². The Bertz CT molecular complexity index is 922. The maximum absolute atomic E-state index is 12.6. The Morgan fingerprint density at radius 3 is 3.07 bits per heavy atom. The standard InChI is InChI=1S/C17H18N6O3S3/c1-3-5-6-11(27)18-12-14(24)23-13(16(25)26)10(8-28-15(12)23)9-29-17-19-20-21-22(17)7-4-2/h2-3,12,15H,1,5-9H2,(H,18,27)(H,25,26)/t12?,15-/m1/s1. The minimum Gasteiger partial charge on any atom is -0.477 e. The van der Waals surface area contributed by atoms with Gasteiger partial charge in [-0.25, -0.2) is 9.48 Å². The van der Waals surface area contributed by atoms with Crippen molar-refractivity contribution < 1.29 is 14.7 Å². The van der Waals surface area contributed by atoms with Crippen molar-refractivity contribution in [2.75, 3.05) is 11.5 Å². The number of allylic oxidation sites excluding steroid dienone is 1. The van der Waals surface area contributed by atoms with Gasteiger partial charge in [-0.15, -0.1) is 29.9 Å². The third kappa shape index (κ3) is 4.47. The second-order valence-electron chi connectivity index (χ2n) is 6.15. The number of terminal acetylenes is 1. The molecular formula is C17H18N6O3S3. The molecule has 2 aliphatic rings. The Hall–Kier alpha value is -2.36. The summed E-state index contributed by atoms with van der Waals surface area (Å²) in [5, 5.41) is 24.3. The number of aliphatic carboxylic acids is 1.